The van der Waals surface area contributed by atoms with Crippen molar-refractivity contribution in [3.05, 3.63) is 59.9 Å². The van der Waals surface area contributed by atoms with Gasteiger partial charge in [0.25, 0.3) is 0 Å². The Hall–Kier alpha value is -1.96. The zero-order chi connectivity index (χ0) is 18.6. The quantitative estimate of drug-likeness (QED) is 0.776. The third-order valence-corrected chi connectivity index (χ3v) is 6.36. The number of nitrogens with zero attached hydrogens (tertiary/aromatic N) is 2. The van der Waals surface area contributed by atoms with Crippen molar-refractivity contribution in [3.63, 3.8) is 0 Å². The fourth-order valence-corrected chi connectivity index (χ4v) is 4.52. The maximum absolute atomic E-state index is 13.9. The lowest BCUT2D eigenvalue weighted by atomic mass is 10.2. The zero-order valence-electron chi connectivity index (χ0n) is 14.8. The van der Waals surface area contributed by atoms with E-state index in [4.69, 9.17) is 4.74 Å². The van der Waals surface area contributed by atoms with Gasteiger partial charge in [-0.1, -0.05) is 24.3 Å². The minimum Gasteiger partial charge on any atom is -0.494 e. The van der Waals surface area contributed by atoms with Crippen molar-refractivity contribution >= 4 is 10.0 Å². The molecule has 2 aromatic carbocycles. The van der Waals surface area contributed by atoms with Crippen LogP contribution in [0.1, 0.15) is 12.5 Å². The van der Waals surface area contributed by atoms with Gasteiger partial charge >= 0.3 is 0 Å². The van der Waals surface area contributed by atoms with Gasteiger partial charge < -0.3 is 4.74 Å². The van der Waals surface area contributed by atoms with Crippen LogP contribution in [0.3, 0.4) is 0 Å². The topological polar surface area (TPSA) is 49.9 Å². The molecular formula is C19H23FN2O3S. The Balaban J connectivity index is 1.59. The second kappa shape index (κ2) is 8.16. The van der Waals surface area contributed by atoms with Crippen LogP contribution in [0.25, 0.3) is 0 Å². The molecular weight excluding hydrogens is 355 g/mol. The van der Waals surface area contributed by atoms with E-state index in [2.05, 4.69) is 4.90 Å². The van der Waals surface area contributed by atoms with E-state index >= 15 is 0 Å². The molecule has 1 aliphatic heterocycles. The van der Waals surface area contributed by atoms with Crippen LogP contribution >= 0.6 is 0 Å². The summed E-state index contributed by atoms with van der Waals surface area (Å²) in [6.07, 6.45) is 0. The van der Waals surface area contributed by atoms with Crippen molar-refractivity contribution in [2.24, 2.45) is 0 Å². The first kappa shape index (κ1) is 18.8. The number of ether oxygens (including phenoxy) is 1. The van der Waals surface area contributed by atoms with E-state index in [1.807, 2.05) is 31.2 Å². The molecule has 1 saturated heterocycles. The predicted octanol–water partition coefficient (Wildman–Crippen LogP) is 2.73. The van der Waals surface area contributed by atoms with Gasteiger partial charge in [0.1, 0.15) is 16.5 Å². The molecule has 7 heteroatoms. The van der Waals surface area contributed by atoms with E-state index in [9.17, 15) is 12.8 Å². The lowest BCUT2D eigenvalue weighted by molar-refractivity contribution is 0.181. The normalized spacial score (nSPS) is 16.5. The number of hydrogen-bond acceptors (Lipinski definition) is 4. The van der Waals surface area contributed by atoms with Crippen molar-refractivity contribution in [2.75, 3.05) is 32.8 Å². The fraction of sp³-hybridized carbons (Fsp3) is 0.368. The molecule has 0 bridgehead atoms. The van der Waals surface area contributed by atoms with Crippen molar-refractivity contribution in [1.29, 1.82) is 0 Å². The number of sulfonamides is 1. The molecule has 0 N–H and O–H groups in total. The van der Waals surface area contributed by atoms with Crippen LogP contribution in [0.5, 0.6) is 5.75 Å². The largest absolute Gasteiger partial charge is 0.494 e. The molecule has 0 amide bonds. The summed E-state index contributed by atoms with van der Waals surface area (Å²) >= 11 is 0. The van der Waals surface area contributed by atoms with Crippen molar-refractivity contribution < 1.29 is 17.5 Å². The summed E-state index contributed by atoms with van der Waals surface area (Å²) in [5.74, 6) is 0.140. The van der Waals surface area contributed by atoms with E-state index in [0.717, 1.165) is 17.9 Å². The van der Waals surface area contributed by atoms with Crippen LogP contribution in [-0.4, -0.2) is 50.4 Å². The number of rotatable bonds is 6. The Bertz CT molecular complexity index is 832. The lowest BCUT2D eigenvalue weighted by Crippen LogP contribution is -2.48. The molecule has 0 spiro atoms. The molecule has 1 heterocycles. The maximum Gasteiger partial charge on any atom is 0.246 e. The van der Waals surface area contributed by atoms with E-state index in [1.165, 1.54) is 28.6 Å². The van der Waals surface area contributed by atoms with Gasteiger partial charge in [-0.15, -0.1) is 0 Å². The molecule has 1 fully saturated rings. The van der Waals surface area contributed by atoms with Crippen LogP contribution in [-0.2, 0) is 16.6 Å². The maximum atomic E-state index is 13.9. The summed E-state index contributed by atoms with van der Waals surface area (Å²) in [6.45, 7) is 5.27. The number of benzene rings is 2. The average molecular weight is 378 g/mol. The molecule has 3 rings (SSSR count). The molecule has 5 nitrogen and oxygen atoms in total. The zero-order valence-corrected chi connectivity index (χ0v) is 15.6. The molecule has 0 aromatic heterocycles. The van der Waals surface area contributed by atoms with Gasteiger partial charge in [-0.25, -0.2) is 12.8 Å². The van der Waals surface area contributed by atoms with E-state index < -0.39 is 15.8 Å². The second-order valence-electron chi connectivity index (χ2n) is 6.19. The molecule has 0 radical (unpaired) electrons. The highest BCUT2D eigenvalue weighted by Crippen LogP contribution is 2.21. The fourth-order valence-electron chi connectivity index (χ4n) is 3.04. The van der Waals surface area contributed by atoms with Crippen LogP contribution in [0.15, 0.2) is 53.4 Å². The van der Waals surface area contributed by atoms with Gasteiger partial charge in [0.05, 0.1) is 6.61 Å². The SMILES string of the molecule is CCOc1ccc(CN2CCN(S(=O)(=O)c3ccccc3F)CC2)cc1. The summed E-state index contributed by atoms with van der Waals surface area (Å²) < 4.78 is 45.9. The van der Waals surface area contributed by atoms with Crippen LogP contribution in [0, 0.1) is 5.82 Å². The average Bonchev–Trinajstić information content (AvgIpc) is 2.64. The van der Waals surface area contributed by atoms with Crippen LogP contribution < -0.4 is 4.74 Å². The third-order valence-electron chi connectivity index (χ3n) is 4.43. The first-order valence-corrected chi connectivity index (χ1v) is 10.1. The van der Waals surface area contributed by atoms with Gasteiger partial charge in [0.2, 0.25) is 10.0 Å². The molecule has 1 aliphatic rings. The molecule has 0 saturated carbocycles. The van der Waals surface area contributed by atoms with Crippen molar-refractivity contribution in [3.8, 4) is 5.75 Å². The van der Waals surface area contributed by atoms with Crippen molar-refractivity contribution in [2.45, 2.75) is 18.4 Å². The molecule has 2 aromatic rings. The molecule has 0 aliphatic carbocycles. The Labute approximate surface area is 154 Å². The highest BCUT2D eigenvalue weighted by atomic mass is 32.2. The monoisotopic (exact) mass is 378 g/mol. The van der Waals surface area contributed by atoms with Gasteiger partial charge in [0.15, 0.2) is 0 Å². The molecule has 0 atom stereocenters. The molecule has 140 valence electrons. The number of halogens is 1. The summed E-state index contributed by atoms with van der Waals surface area (Å²) in [5, 5.41) is 0. The first-order valence-electron chi connectivity index (χ1n) is 8.69. The van der Waals surface area contributed by atoms with E-state index in [-0.39, 0.29) is 4.90 Å². The van der Waals surface area contributed by atoms with Crippen LogP contribution in [0.4, 0.5) is 4.39 Å². The highest BCUT2D eigenvalue weighted by molar-refractivity contribution is 7.89. The van der Waals surface area contributed by atoms with Crippen LogP contribution in [0.2, 0.25) is 0 Å². The lowest BCUT2D eigenvalue weighted by Gasteiger charge is -2.34. The summed E-state index contributed by atoms with van der Waals surface area (Å²) in [6, 6.07) is 13.4. The summed E-state index contributed by atoms with van der Waals surface area (Å²) in [7, 11) is -3.79. The third kappa shape index (κ3) is 4.23. The Kier molecular flexibility index (Phi) is 5.90. The smallest absolute Gasteiger partial charge is 0.246 e. The molecule has 26 heavy (non-hydrogen) atoms. The second-order valence-corrected chi connectivity index (χ2v) is 8.09. The van der Waals surface area contributed by atoms with Gasteiger partial charge in [0, 0.05) is 32.7 Å². The van der Waals surface area contributed by atoms with Gasteiger partial charge in [-0.3, -0.25) is 4.90 Å². The van der Waals surface area contributed by atoms with E-state index in [0.29, 0.717) is 32.8 Å². The van der Waals surface area contributed by atoms with Gasteiger partial charge in [-0.05, 0) is 36.8 Å². The summed E-state index contributed by atoms with van der Waals surface area (Å²) in [4.78, 5) is 1.95. The Morgan fingerprint density at radius 2 is 1.65 bits per heavy atom. The summed E-state index contributed by atoms with van der Waals surface area (Å²) in [5.41, 5.74) is 1.15. The Morgan fingerprint density at radius 3 is 2.27 bits per heavy atom. The highest BCUT2D eigenvalue weighted by Gasteiger charge is 2.30. The predicted molar refractivity (Wildman–Crippen MR) is 98.0 cm³/mol. The minimum absolute atomic E-state index is 0.250. The first-order chi connectivity index (χ1) is 12.5. The van der Waals surface area contributed by atoms with E-state index in [1.54, 1.807) is 0 Å². The van der Waals surface area contributed by atoms with Crippen molar-refractivity contribution in [1.82, 2.24) is 9.21 Å². The number of hydrogen-bond donors (Lipinski definition) is 0. The Morgan fingerprint density at radius 1 is 1.00 bits per heavy atom. The minimum atomic E-state index is -3.79. The van der Waals surface area contributed by atoms with Gasteiger partial charge in [-0.2, -0.15) is 4.31 Å². The standard InChI is InChI=1S/C19H23FN2O3S/c1-2-25-17-9-7-16(8-10-17)15-21-11-13-22(14-12-21)26(23,24)19-6-4-3-5-18(19)20/h3-10H,2,11-15H2,1H3. The molecule has 0 unspecified atom stereocenters. The number of piperazine rings is 1.